The lowest BCUT2D eigenvalue weighted by molar-refractivity contribution is 0.353. The van der Waals surface area contributed by atoms with E-state index in [0.29, 0.717) is 25.6 Å². The van der Waals surface area contributed by atoms with E-state index in [1.54, 1.807) is 4.31 Å². The number of nitrogens with zero attached hydrogens (tertiary/aromatic N) is 1. The smallest absolute Gasteiger partial charge is 0.279 e. The largest absolute Gasteiger partial charge is 0.317 e. The van der Waals surface area contributed by atoms with Gasteiger partial charge in [0.15, 0.2) is 0 Å². The van der Waals surface area contributed by atoms with Crippen LogP contribution < -0.4 is 10.0 Å². The highest BCUT2D eigenvalue weighted by Crippen LogP contribution is 2.16. The quantitative estimate of drug-likeness (QED) is 0.748. The Bertz CT molecular complexity index is 320. The fraction of sp³-hybridized carbons (Fsp3) is 1.00. The maximum Gasteiger partial charge on any atom is 0.279 e. The zero-order valence-electron chi connectivity index (χ0n) is 10.3. The molecule has 0 radical (unpaired) electrons. The molecule has 0 spiro atoms. The summed E-state index contributed by atoms with van der Waals surface area (Å²) in [7, 11) is -3.19. The highest BCUT2D eigenvalue weighted by Gasteiger charge is 2.24. The third kappa shape index (κ3) is 3.91. The Morgan fingerprint density at radius 2 is 1.82 bits per heavy atom. The van der Waals surface area contributed by atoms with Gasteiger partial charge in [-0.05, 0) is 51.1 Å². The molecule has 0 unspecified atom stereocenters. The van der Waals surface area contributed by atoms with E-state index in [0.717, 1.165) is 32.4 Å². The molecule has 0 aromatic rings. The van der Waals surface area contributed by atoms with Crippen LogP contribution in [0.3, 0.4) is 0 Å². The molecule has 2 fully saturated rings. The van der Waals surface area contributed by atoms with Crippen LogP contribution in [0.2, 0.25) is 0 Å². The van der Waals surface area contributed by atoms with Gasteiger partial charge in [-0.25, -0.2) is 4.72 Å². The standard InChI is InChI=1S/C11H23N3O2S/c15-17(16,14-9-1-2-10-14)13-8-5-11-3-6-12-7-4-11/h11-13H,1-10H2. The van der Waals surface area contributed by atoms with Gasteiger partial charge in [-0.3, -0.25) is 0 Å². The molecule has 2 aliphatic rings. The van der Waals surface area contributed by atoms with Crippen molar-refractivity contribution >= 4 is 10.2 Å². The first-order chi connectivity index (χ1) is 8.18. The van der Waals surface area contributed by atoms with Crippen molar-refractivity contribution in [2.24, 2.45) is 5.92 Å². The highest BCUT2D eigenvalue weighted by atomic mass is 32.2. The summed E-state index contributed by atoms with van der Waals surface area (Å²) in [5.41, 5.74) is 0. The van der Waals surface area contributed by atoms with Crippen LogP contribution in [0.1, 0.15) is 32.1 Å². The van der Waals surface area contributed by atoms with Crippen molar-refractivity contribution in [3.63, 3.8) is 0 Å². The summed E-state index contributed by atoms with van der Waals surface area (Å²) >= 11 is 0. The lowest BCUT2D eigenvalue weighted by Gasteiger charge is -2.23. The summed E-state index contributed by atoms with van der Waals surface area (Å²) in [6, 6.07) is 0. The zero-order chi connectivity index (χ0) is 12.1. The van der Waals surface area contributed by atoms with Crippen LogP contribution in [-0.2, 0) is 10.2 Å². The Hall–Kier alpha value is -0.170. The summed E-state index contributed by atoms with van der Waals surface area (Å²) < 4.78 is 28.0. The predicted molar refractivity (Wildman–Crippen MR) is 67.9 cm³/mol. The van der Waals surface area contributed by atoms with E-state index in [1.165, 1.54) is 12.8 Å². The number of hydrogen-bond donors (Lipinski definition) is 2. The molecule has 0 bridgehead atoms. The molecule has 2 saturated heterocycles. The molecule has 0 aromatic carbocycles. The van der Waals surface area contributed by atoms with Crippen LogP contribution in [0.15, 0.2) is 0 Å². The maximum absolute atomic E-state index is 11.9. The number of piperidine rings is 1. The second-order valence-corrected chi connectivity index (χ2v) is 6.74. The second kappa shape index (κ2) is 6.13. The summed E-state index contributed by atoms with van der Waals surface area (Å²) in [6.45, 7) is 4.10. The minimum absolute atomic E-state index is 0.587. The third-order valence-corrected chi connectivity index (χ3v) is 5.31. The molecule has 2 aliphatic heterocycles. The first kappa shape index (κ1) is 13.3. The molecule has 6 heteroatoms. The van der Waals surface area contributed by atoms with Gasteiger partial charge < -0.3 is 5.32 Å². The Morgan fingerprint density at radius 3 is 2.47 bits per heavy atom. The molecular weight excluding hydrogens is 238 g/mol. The van der Waals surface area contributed by atoms with Crippen LogP contribution in [-0.4, -0.2) is 45.4 Å². The number of nitrogens with one attached hydrogen (secondary N) is 2. The Kier molecular flexibility index (Phi) is 4.78. The molecule has 100 valence electrons. The van der Waals surface area contributed by atoms with Crippen molar-refractivity contribution in [1.82, 2.24) is 14.3 Å². The van der Waals surface area contributed by atoms with Crippen LogP contribution in [0.4, 0.5) is 0 Å². The Balaban J connectivity index is 1.69. The van der Waals surface area contributed by atoms with E-state index in [9.17, 15) is 8.42 Å². The van der Waals surface area contributed by atoms with Crippen LogP contribution in [0, 0.1) is 5.92 Å². The van der Waals surface area contributed by atoms with Gasteiger partial charge >= 0.3 is 0 Å². The van der Waals surface area contributed by atoms with E-state index in [-0.39, 0.29) is 0 Å². The van der Waals surface area contributed by atoms with Crippen molar-refractivity contribution in [2.75, 3.05) is 32.7 Å². The lowest BCUT2D eigenvalue weighted by Crippen LogP contribution is -2.40. The minimum Gasteiger partial charge on any atom is -0.317 e. The van der Waals surface area contributed by atoms with Gasteiger partial charge in [0.05, 0.1) is 0 Å². The summed E-state index contributed by atoms with van der Waals surface area (Å²) in [5, 5.41) is 3.32. The van der Waals surface area contributed by atoms with Gasteiger partial charge in [-0.15, -0.1) is 0 Å². The van der Waals surface area contributed by atoms with E-state index in [1.807, 2.05) is 0 Å². The minimum atomic E-state index is -3.19. The van der Waals surface area contributed by atoms with Gasteiger partial charge in [0.1, 0.15) is 0 Å². The molecule has 0 saturated carbocycles. The zero-order valence-corrected chi connectivity index (χ0v) is 11.1. The molecular formula is C11H23N3O2S. The van der Waals surface area contributed by atoms with Crippen molar-refractivity contribution in [3.8, 4) is 0 Å². The van der Waals surface area contributed by atoms with Gasteiger partial charge in [-0.1, -0.05) is 0 Å². The molecule has 0 aliphatic carbocycles. The Morgan fingerprint density at radius 1 is 1.18 bits per heavy atom. The van der Waals surface area contributed by atoms with E-state index >= 15 is 0 Å². The third-order valence-electron chi connectivity index (χ3n) is 3.70. The van der Waals surface area contributed by atoms with Crippen LogP contribution in [0.25, 0.3) is 0 Å². The first-order valence-corrected chi connectivity index (χ1v) is 8.08. The molecule has 2 rings (SSSR count). The SMILES string of the molecule is O=S(=O)(NCCC1CCNCC1)N1CCCC1. The van der Waals surface area contributed by atoms with Gasteiger partial charge in [-0.2, -0.15) is 12.7 Å². The number of rotatable bonds is 5. The van der Waals surface area contributed by atoms with Gasteiger partial charge in [0, 0.05) is 19.6 Å². The maximum atomic E-state index is 11.9. The summed E-state index contributed by atoms with van der Waals surface area (Å²) in [6.07, 6.45) is 5.30. The summed E-state index contributed by atoms with van der Waals surface area (Å²) in [5.74, 6) is 0.678. The van der Waals surface area contributed by atoms with Crippen molar-refractivity contribution in [2.45, 2.75) is 32.1 Å². The fourth-order valence-electron chi connectivity index (χ4n) is 2.58. The normalized spacial score (nSPS) is 24.2. The van der Waals surface area contributed by atoms with Crippen molar-refractivity contribution < 1.29 is 8.42 Å². The van der Waals surface area contributed by atoms with Gasteiger partial charge in [0.2, 0.25) is 0 Å². The monoisotopic (exact) mass is 261 g/mol. The van der Waals surface area contributed by atoms with Crippen molar-refractivity contribution in [1.29, 1.82) is 0 Å². The van der Waals surface area contributed by atoms with E-state index < -0.39 is 10.2 Å². The second-order valence-electron chi connectivity index (χ2n) is 4.99. The van der Waals surface area contributed by atoms with E-state index in [2.05, 4.69) is 10.0 Å². The summed E-state index contributed by atoms with van der Waals surface area (Å²) in [4.78, 5) is 0. The fourth-order valence-corrected chi connectivity index (χ4v) is 3.88. The first-order valence-electron chi connectivity index (χ1n) is 6.64. The molecule has 0 atom stereocenters. The van der Waals surface area contributed by atoms with Crippen LogP contribution >= 0.6 is 0 Å². The lowest BCUT2D eigenvalue weighted by atomic mass is 9.95. The van der Waals surface area contributed by atoms with Gasteiger partial charge in [0.25, 0.3) is 10.2 Å². The van der Waals surface area contributed by atoms with Crippen molar-refractivity contribution in [3.05, 3.63) is 0 Å². The number of hydrogen-bond acceptors (Lipinski definition) is 3. The molecule has 0 aromatic heterocycles. The highest BCUT2D eigenvalue weighted by molar-refractivity contribution is 7.87. The molecule has 17 heavy (non-hydrogen) atoms. The predicted octanol–water partition coefficient (Wildman–Crippen LogP) is 0.306. The van der Waals surface area contributed by atoms with Crippen LogP contribution in [0.5, 0.6) is 0 Å². The molecule has 2 heterocycles. The van der Waals surface area contributed by atoms with E-state index in [4.69, 9.17) is 0 Å². The average molecular weight is 261 g/mol. The topological polar surface area (TPSA) is 61.4 Å². The molecule has 5 nitrogen and oxygen atoms in total. The molecule has 0 amide bonds. The Labute approximate surface area is 104 Å². The molecule has 2 N–H and O–H groups in total. The average Bonchev–Trinajstić information content (AvgIpc) is 2.84.